The first-order valence-electron chi connectivity index (χ1n) is 11.2. The third-order valence-corrected chi connectivity index (χ3v) is 6.88. The lowest BCUT2D eigenvalue weighted by atomic mass is 10.0. The summed E-state index contributed by atoms with van der Waals surface area (Å²) in [6.07, 6.45) is 0.930. The number of rotatable bonds is 5. The van der Waals surface area contributed by atoms with Crippen molar-refractivity contribution in [1.82, 2.24) is 10.2 Å². The van der Waals surface area contributed by atoms with E-state index in [2.05, 4.69) is 10.6 Å². The number of aliphatic hydroxyl groups excluding tert-OH is 1. The second-order valence-electron chi connectivity index (χ2n) is 8.82. The molecule has 2 atom stereocenters. The summed E-state index contributed by atoms with van der Waals surface area (Å²) in [5.74, 6) is -0.345. The van der Waals surface area contributed by atoms with Gasteiger partial charge >= 0.3 is 0 Å². The fraction of sp³-hybridized carbons (Fsp3) is 0.417. The molecule has 2 aromatic rings. The quantitative estimate of drug-likeness (QED) is 0.464. The number of likely N-dealkylation sites (tertiary alicyclic amines) is 1. The first-order valence-corrected chi connectivity index (χ1v) is 12.0. The van der Waals surface area contributed by atoms with Crippen molar-refractivity contribution in [1.29, 1.82) is 0 Å². The first-order chi connectivity index (χ1) is 16.2. The molecular formula is C24H28Cl2N4O4. The Morgan fingerprint density at radius 3 is 2.38 bits per heavy atom. The van der Waals surface area contributed by atoms with E-state index in [4.69, 9.17) is 23.2 Å². The third kappa shape index (κ3) is 5.58. The Morgan fingerprint density at radius 1 is 1.06 bits per heavy atom. The summed E-state index contributed by atoms with van der Waals surface area (Å²) >= 11 is 11.9. The molecule has 0 bridgehead atoms. The molecule has 2 saturated heterocycles. The molecular weight excluding hydrogens is 479 g/mol. The van der Waals surface area contributed by atoms with Gasteiger partial charge in [0, 0.05) is 55.8 Å². The number of nitrogens with one attached hydrogen (secondary N) is 2. The Kier molecular flexibility index (Phi) is 7.52. The van der Waals surface area contributed by atoms with Crippen LogP contribution in [0.1, 0.15) is 30.1 Å². The monoisotopic (exact) mass is 506 g/mol. The molecule has 182 valence electrons. The molecule has 10 heteroatoms. The zero-order valence-electron chi connectivity index (χ0n) is 18.8. The van der Waals surface area contributed by atoms with Gasteiger partial charge in [-0.05, 0) is 43.2 Å². The second kappa shape index (κ2) is 10.4. The minimum atomic E-state index is -0.628. The predicted octanol–water partition coefficient (Wildman–Crippen LogP) is 3.10. The molecule has 2 aromatic carbocycles. The number of halogens is 2. The van der Waals surface area contributed by atoms with Crippen LogP contribution in [0.15, 0.2) is 36.4 Å². The summed E-state index contributed by atoms with van der Waals surface area (Å²) < 4.78 is 0. The van der Waals surface area contributed by atoms with Gasteiger partial charge in [-0.2, -0.15) is 0 Å². The van der Waals surface area contributed by atoms with Crippen molar-refractivity contribution < 1.29 is 19.8 Å². The van der Waals surface area contributed by atoms with E-state index in [9.17, 15) is 19.8 Å². The lowest BCUT2D eigenvalue weighted by Gasteiger charge is -2.34. The number of hydrogen-bond donors (Lipinski definition) is 4. The number of benzene rings is 2. The van der Waals surface area contributed by atoms with Crippen LogP contribution in [0.5, 0.6) is 5.75 Å². The number of phenols is 1. The molecule has 2 aliphatic heterocycles. The lowest BCUT2D eigenvalue weighted by molar-refractivity contribution is -0.114. The maximum absolute atomic E-state index is 12.7. The van der Waals surface area contributed by atoms with Gasteiger partial charge in [-0.25, -0.2) is 0 Å². The smallest absolute Gasteiger partial charge is 0.253 e. The van der Waals surface area contributed by atoms with Gasteiger partial charge in [0.15, 0.2) is 0 Å². The number of amides is 2. The fourth-order valence-electron chi connectivity index (χ4n) is 4.58. The van der Waals surface area contributed by atoms with Crippen LogP contribution < -0.4 is 15.5 Å². The highest BCUT2D eigenvalue weighted by atomic mass is 35.5. The van der Waals surface area contributed by atoms with E-state index >= 15 is 0 Å². The minimum Gasteiger partial charge on any atom is -0.506 e. The molecule has 0 aliphatic carbocycles. The Hall–Kier alpha value is -2.52. The highest BCUT2D eigenvalue weighted by Gasteiger charge is 2.35. The van der Waals surface area contributed by atoms with E-state index in [-0.39, 0.29) is 34.7 Å². The standard InChI is InChI=1S/C24H28Cl2N4O4/c1-14(31)27-19-10-18(26)22(32)11-21(19)30-12-20(23(33)13-30)28-17-6-8-29(9-7-17)24(34)15-2-4-16(25)5-3-15/h2-5,10-11,17,20,23,28,32-33H,6-9,12-13H2,1H3,(H,27,31)/t20?,23-/m1/s1. The SMILES string of the molecule is CC(=O)Nc1cc(Cl)c(O)cc1N1CC(NC2CCN(C(=O)c3ccc(Cl)cc3)CC2)[C@H](O)C1. The van der Waals surface area contributed by atoms with Crippen molar-refractivity contribution in [2.75, 3.05) is 36.4 Å². The van der Waals surface area contributed by atoms with Crippen LogP contribution in [0.25, 0.3) is 0 Å². The Labute approximate surface area is 208 Å². The maximum atomic E-state index is 12.7. The molecule has 0 spiro atoms. The predicted molar refractivity (Wildman–Crippen MR) is 133 cm³/mol. The van der Waals surface area contributed by atoms with Gasteiger partial charge in [-0.1, -0.05) is 23.2 Å². The second-order valence-corrected chi connectivity index (χ2v) is 9.66. The number of carbonyl (C=O) groups is 2. The van der Waals surface area contributed by atoms with Gasteiger partial charge in [0.25, 0.3) is 5.91 Å². The number of aliphatic hydroxyl groups is 1. The summed E-state index contributed by atoms with van der Waals surface area (Å²) in [5.41, 5.74) is 1.71. The van der Waals surface area contributed by atoms with E-state index in [1.165, 1.54) is 19.1 Å². The molecule has 1 unspecified atom stereocenters. The zero-order chi connectivity index (χ0) is 24.4. The number of anilines is 2. The molecule has 8 nitrogen and oxygen atoms in total. The van der Waals surface area contributed by atoms with Crippen LogP contribution in [0.4, 0.5) is 11.4 Å². The molecule has 2 amide bonds. The van der Waals surface area contributed by atoms with Gasteiger partial charge < -0.3 is 30.6 Å². The van der Waals surface area contributed by atoms with Crippen molar-refractivity contribution in [3.8, 4) is 5.75 Å². The Morgan fingerprint density at radius 2 is 1.74 bits per heavy atom. The molecule has 0 radical (unpaired) electrons. The van der Waals surface area contributed by atoms with Crippen LogP contribution in [0.2, 0.25) is 10.0 Å². The number of hydrogen-bond acceptors (Lipinski definition) is 6. The fourth-order valence-corrected chi connectivity index (χ4v) is 4.87. The van der Waals surface area contributed by atoms with Crippen molar-refractivity contribution in [2.45, 2.75) is 38.0 Å². The molecule has 4 rings (SSSR count). The summed E-state index contributed by atoms with van der Waals surface area (Å²) in [6.45, 7) is 3.50. The van der Waals surface area contributed by atoms with E-state index < -0.39 is 6.10 Å². The van der Waals surface area contributed by atoms with E-state index in [1.807, 2.05) is 9.80 Å². The van der Waals surface area contributed by atoms with Crippen LogP contribution in [-0.4, -0.2) is 71.3 Å². The van der Waals surface area contributed by atoms with E-state index in [0.29, 0.717) is 48.1 Å². The van der Waals surface area contributed by atoms with Crippen LogP contribution in [0, 0.1) is 0 Å². The summed E-state index contributed by atoms with van der Waals surface area (Å²) in [4.78, 5) is 28.1. The Balaban J connectivity index is 1.36. The lowest BCUT2D eigenvalue weighted by Crippen LogP contribution is -2.50. The highest BCUT2D eigenvalue weighted by molar-refractivity contribution is 6.32. The minimum absolute atomic E-state index is 0.00441. The number of β-amino-alcohol motifs (C(OH)–C–C–N with tert-alkyl or cyclic N) is 1. The number of carbonyl (C=O) groups excluding carboxylic acids is 2. The number of piperidine rings is 1. The van der Waals surface area contributed by atoms with Gasteiger partial charge in [0.2, 0.25) is 5.91 Å². The maximum Gasteiger partial charge on any atom is 0.253 e. The average Bonchev–Trinajstić information content (AvgIpc) is 3.16. The topological polar surface area (TPSA) is 105 Å². The van der Waals surface area contributed by atoms with Crippen LogP contribution in [-0.2, 0) is 4.79 Å². The van der Waals surface area contributed by atoms with Crippen molar-refractivity contribution in [3.63, 3.8) is 0 Å². The van der Waals surface area contributed by atoms with E-state index in [1.54, 1.807) is 24.3 Å². The third-order valence-electron chi connectivity index (χ3n) is 6.33. The number of aromatic hydroxyl groups is 1. The molecule has 34 heavy (non-hydrogen) atoms. The van der Waals surface area contributed by atoms with Gasteiger partial charge in [-0.15, -0.1) is 0 Å². The molecule has 2 aliphatic rings. The van der Waals surface area contributed by atoms with Crippen molar-refractivity contribution in [2.24, 2.45) is 0 Å². The van der Waals surface area contributed by atoms with Crippen molar-refractivity contribution in [3.05, 3.63) is 52.0 Å². The molecule has 0 saturated carbocycles. The van der Waals surface area contributed by atoms with Crippen molar-refractivity contribution >= 4 is 46.4 Å². The van der Waals surface area contributed by atoms with E-state index in [0.717, 1.165) is 12.8 Å². The molecule has 4 N–H and O–H groups in total. The molecule has 2 heterocycles. The normalized spacial score (nSPS) is 21.1. The Bertz CT molecular complexity index is 1060. The molecule has 0 aromatic heterocycles. The zero-order valence-corrected chi connectivity index (χ0v) is 20.3. The number of phenolic OH excluding ortho intramolecular Hbond substituents is 1. The first kappa shape index (κ1) is 24.6. The molecule has 2 fully saturated rings. The largest absolute Gasteiger partial charge is 0.506 e. The van der Waals surface area contributed by atoms with Gasteiger partial charge in [-0.3, -0.25) is 9.59 Å². The average molecular weight is 507 g/mol. The van der Waals surface area contributed by atoms with Crippen LogP contribution >= 0.6 is 23.2 Å². The highest BCUT2D eigenvalue weighted by Crippen LogP contribution is 2.37. The summed E-state index contributed by atoms with van der Waals surface area (Å²) in [5, 5.41) is 27.8. The van der Waals surface area contributed by atoms with Crippen LogP contribution in [0.3, 0.4) is 0 Å². The van der Waals surface area contributed by atoms with Gasteiger partial charge in [0.05, 0.1) is 28.5 Å². The summed E-state index contributed by atoms with van der Waals surface area (Å²) in [6, 6.07) is 9.90. The van der Waals surface area contributed by atoms with Gasteiger partial charge in [0.1, 0.15) is 5.75 Å². The number of nitrogens with zero attached hydrogens (tertiary/aromatic N) is 2. The summed E-state index contributed by atoms with van der Waals surface area (Å²) in [7, 11) is 0.